The molecule has 14 heteroatoms. The number of nitrogens with one attached hydrogen (secondary N) is 2. The van der Waals surface area contributed by atoms with Crippen LogP contribution in [0.2, 0.25) is 0 Å². The summed E-state index contributed by atoms with van der Waals surface area (Å²) in [5, 5.41) is 12.3. The van der Waals surface area contributed by atoms with E-state index in [-0.39, 0.29) is 23.5 Å². The third kappa shape index (κ3) is 5.96. The fraction of sp³-hybridized carbons (Fsp3) is 0.353. The number of nitrogens with zero attached hydrogens (tertiary/aromatic N) is 5. The fourth-order valence-electron chi connectivity index (χ4n) is 2.60. The quantitative estimate of drug-likeness (QED) is 0.517. The summed E-state index contributed by atoms with van der Waals surface area (Å²) in [6, 6.07) is 2.72. The van der Waals surface area contributed by atoms with E-state index in [1.54, 1.807) is 6.07 Å². The van der Waals surface area contributed by atoms with Crippen LogP contribution in [-0.2, 0) is 17.9 Å². The average molecular weight is 445 g/mol. The van der Waals surface area contributed by atoms with E-state index in [9.17, 15) is 31.5 Å². The Kier molecular flexibility index (Phi) is 6.46. The van der Waals surface area contributed by atoms with Crippen LogP contribution in [0.5, 0.6) is 0 Å². The van der Waals surface area contributed by atoms with Gasteiger partial charge in [-0.1, -0.05) is 0 Å². The molecule has 3 aromatic rings. The molecule has 31 heavy (non-hydrogen) atoms. The molecule has 3 rings (SSSR count). The van der Waals surface area contributed by atoms with Gasteiger partial charge in [-0.15, -0.1) is 0 Å². The highest BCUT2D eigenvalue weighted by molar-refractivity contribution is 5.92. The van der Waals surface area contributed by atoms with Crippen LogP contribution in [0.3, 0.4) is 0 Å². The SMILES string of the molecule is O=C(CCC(F)(F)F)NCc1cnn2cc(CNC(=O)c3ccnn3C(F)F)nc2c1. The highest BCUT2D eigenvalue weighted by Crippen LogP contribution is 2.21. The molecule has 0 aliphatic carbocycles. The summed E-state index contributed by atoms with van der Waals surface area (Å²) < 4.78 is 63.7. The van der Waals surface area contributed by atoms with Crippen molar-refractivity contribution in [2.75, 3.05) is 0 Å². The molecule has 0 spiro atoms. The minimum atomic E-state index is -4.40. The summed E-state index contributed by atoms with van der Waals surface area (Å²) in [6.45, 7) is -3.06. The first-order valence-electron chi connectivity index (χ1n) is 8.89. The van der Waals surface area contributed by atoms with Gasteiger partial charge in [0.25, 0.3) is 5.91 Å². The Bertz CT molecular complexity index is 1080. The zero-order valence-electron chi connectivity index (χ0n) is 15.7. The van der Waals surface area contributed by atoms with Crippen molar-refractivity contribution in [1.29, 1.82) is 0 Å². The van der Waals surface area contributed by atoms with Crippen molar-refractivity contribution in [3.8, 4) is 0 Å². The summed E-state index contributed by atoms with van der Waals surface area (Å²) in [7, 11) is 0. The molecule has 0 bridgehead atoms. The van der Waals surface area contributed by atoms with Crippen LogP contribution in [0, 0.1) is 0 Å². The number of fused-ring (bicyclic) bond motifs is 1. The van der Waals surface area contributed by atoms with Gasteiger partial charge in [0, 0.05) is 19.2 Å². The lowest BCUT2D eigenvalue weighted by molar-refractivity contribution is -0.144. The molecule has 3 aromatic heterocycles. The number of hydrogen-bond acceptors (Lipinski definition) is 5. The smallest absolute Gasteiger partial charge is 0.352 e. The molecular weight excluding hydrogens is 429 g/mol. The van der Waals surface area contributed by atoms with Crippen molar-refractivity contribution in [3.63, 3.8) is 0 Å². The molecule has 0 aromatic carbocycles. The summed E-state index contributed by atoms with van der Waals surface area (Å²) in [6.07, 6.45) is -2.29. The van der Waals surface area contributed by atoms with Crippen LogP contribution in [0.4, 0.5) is 22.0 Å². The number of carbonyl (C=O) groups excluding carboxylic acids is 2. The van der Waals surface area contributed by atoms with E-state index in [2.05, 4.69) is 25.8 Å². The van der Waals surface area contributed by atoms with Crippen LogP contribution in [0.25, 0.3) is 5.65 Å². The number of imidazole rings is 1. The molecule has 0 saturated heterocycles. The predicted molar refractivity (Wildman–Crippen MR) is 94.8 cm³/mol. The molecule has 9 nitrogen and oxygen atoms in total. The van der Waals surface area contributed by atoms with Gasteiger partial charge in [0.05, 0.1) is 31.1 Å². The first-order chi connectivity index (χ1) is 14.6. The largest absolute Gasteiger partial charge is 0.389 e. The lowest BCUT2D eigenvalue weighted by atomic mass is 10.2. The van der Waals surface area contributed by atoms with E-state index in [4.69, 9.17) is 0 Å². The molecule has 0 unspecified atom stereocenters. The highest BCUT2D eigenvalue weighted by atomic mass is 19.4. The molecule has 3 heterocycles. The van der Waals surface area contributed by atoms with Crippen molar-refractivity contribution in [3.05, 3.63) is 47.7 Å². The summed E-state index contributed by atoms with van der Waals surface area (Å²) in [5.41, 5.74) is 0.953. The molecule has 166 valence electrons. The minimum absolute atomic E-state index is 0.0310. The predicted octanol–water partition coefficient (Wildman–Crippen LogP) is 2.21. The molecule has 0 aliphatic rings. The maximum absolute atomic E-state index is 12.8. The Balaban J connectivity index is 1.57. The average Bonchev–Trinajstić information content (AvgIpc) is 3.34. The Labute approximate surface area is 171 Å². The number of amides is 2. The lowest BCUT2D eigenvalue weighted by Crippen LogP contribution is -2.26. The summed E-state index contributed by atoms with van der Waals surface area (Å²) in [5.74, 6) is -1.50. The van der Waals surface area contributed by atoms with Gasteiger partial charge in [-0.2, -0.15) is 36.8 Å². The van der Waals surface area contributed by atoms with Gasteiger partial charge in [-0.05, 0) is 17.7 Å². The molecular formula is C17H16F5N7O2. The van der Waals surface area contributed by atoms with Crippen LogP contribution in [-0.4, -0.2) is 42.4 Å². The van der Waals surface area contributed by atoms with E-state index >= 15 is 0 Å². The van der Waals surface area contributed by atoms with Gasteiger partial charge in [0.2, 0.25) is 5.91 Å². The molecule has 0 fully saturated rings. The topological polar surface area (TPSA) is 106 Å². The number of rotatable bonds is 8. The Morgan fingerprint density at radius 3 is 2.61 bits per heavy atom. The van der Waals surface area contributed by atoms with Gasteiger partial charge in [0.15, 0.2) is 5.65 Å². The summed E-state index contributed by atoms with van der Waals surface area (Å²) in [4.78, 5) is 27.8. The standard InChI is InChI=1S/C17H16F5N7O2/c18-16(19)29-12(2-4-25-29)15(31)24-8-11-9-28-13(27-11)5-10(7-26-28)6-23-14(30)1-3-17(20,21)22/h2,4-5,7,9,16H,1,3,6,8H2,(H,23,30)(H,24,31). The zero-order chi connectivity index (χ0) is 22.6. The van der Waals surface area contributed by atoms with Crippen LogP contribution >= 0.6 is 0 Å². The highest BCUT2D eigenvalue weighted by Gasteiger charge is 2.27. The zero-order valence-corrected chi connectivity index (χ0v) is 15.7. The number of alkyl halides is 5. The number of aromatic nitrogens is 5. The van der Waals surface area contributed by atoms with E-state index < -0.39 is 37.4 Å². The van der Waals surface area contributed by atoms with Gasteiger partial charge >= 0.3 is 12.7 Å². The third-order valence-electron chi connectivity index (χ3n) is 4.07. The second-order valence-electron chi connectivity index (χ2n) is 6.41. The van der Waals surface area contributed by atoms with Gasteiger partial charge in [0.1, 0.15) is 5.69 Å². The molecule has 0 radical (unpaired) electrons. The number of halogens is 5. The number of carbonyl (C=O) groups is 2. The molecule has 0 atom stereocenters. The van der Waals surface area contributed by atoms with Crippen LogP contribution < -0.4 is 10.6 Å². The van der Waals surface area contributed by atoms with Crippen molar-refractivity contribution < 1.29 is 31.5 Å². The minimum Gasteiger partial charge on any atom is -0.352 e. The van der Waals surface area contributed by atoms with Crippen molar-refractivity contribution in [2.45, 2.75) is 38.7 Å². The Morgan fingerprint density at radius 1 is 1.13 bits per heavy atom. The van der Waals surface area contributed by atoms with Gasteiger partial charge in [-0.25, -0.2) is 9.50 Å². The van der Waals surface area contributed by atoms with E-state index in [1.165, 1.54) is 16.9 Å². The fourth-order valence-corrected chi connectivity index (χ4v) is 2.60. The third-order valence-corrected chi connectivity index (χ3v) is 4.07. The van der Waals surface area contributed by atoms with Crippen molar-refractivity contribution in [2.24, 2.45) is 0 Å². The summed E-state index contributed by atoms with van der Waals surface area (Å²) >= 11 is 0. The van der Waals surface area contributed by atoms with Gasteiger partial charge < -0.3 is 10.6 Å². The van der Waals surface area contributed by atoms with E-state index in [1.807, 2.05) is 0 Å². The Hall–Kier alpha value is -3.58. The second-order valence-corrected chi connectivity index (χ2v) is 6.41. The van der Waals surface area contributed by atoms with Crippen molar-refractivity contribution >= 4 is 17.5 Å². The maximum atomic E-state index is 12.8. The normalized spacial score (nSPS) is 11.8. The first-order valence-corrected chi connectivity index (χ1v) is 8.89. The van der Waals surface area contributed by atoms with Gasteiger partial charge in [-0.3, -0.25) is 9.59 Å². The van der Waals surface area contributed by atoms with E-state index in [0.717, 1.165) is 12.3 Å². The lowest BCUT2D eigenvalue weighted by Gasteiger charge is -2.07. The molecule has 0 aliphatic heterocycles. The van der Waals surface area contributed by atoms with Crippen molar-refractivity contribution in [1.82, 2.24) is 35.0 Å². The number of hydrogen-bond donors (Lipinski definition) is 2. The van der Waals surface area contributed by atoms with E-state index in [0.29, 0.717) is 16.9 Å². The Morgan fingerprint density at radius 2 is 1.90 bits per heavy atom. The van der Waals surface area contributed by atoms with Crippen LogP contribution in [0.15, 0.2) is 30.7 Å². The maximum Gasteiger partial charge on any atom is 0.389 e. The molecule has 2 N–H and O–H groups in total. The first kappa shape index (κ1) is 22.1. The van der Waals surface area contributed by atoms with Crippen LogP contribution in [0.1, 0.15) is 41.1 Å². The monoisotopic (exact) mass is 445 g/mol. The molecule has 0 saturated carbocycles. The molecule has 2 amide bonds. The second kappa shape index (κ2) is 9.06.